The van der Waals surface area contributed by atoms with Crippen LogP contribution < -0.4 is 21.3 Å². The third-order valence-electron chi connectivity index (χ3n) is 15.8. The number of hydrogen-bond acceptors (Lipinski definition) is 11. The van der Waals surface area contributed by atoms with E-state index in [1.54, 1.807) is 34.6 Å². The summed E-state index contributed by atoms with van der Waals surface area (Å²) in [6.07, 6.45) is 4.25. The van der Waals surface area contributed by atoms with E-state index in [4.69, 9.17) is 0 Å². The first-order valence-corrected chi connectivity index (χ1v) is 30.4. The van der Waals surface area contributed by atoms with E-state index >= 15 is 9.59 Å². The number of unbranched alkanes of at least 4 members (excludes halogenated alkanes) is 3. The van der Waals surface area contributed by atoms with Crippen LogP contribution in [0.25, 0.3) is 0 Å². The molecule has 0 unspecified atom stereocenters. The first-order chi connectivity index (χ1) is 38.4. The Hall–Kier alpha value is -5.83. The van der Waals surface area contributed by atoms with Crippen LogP contribution in [0.3, 0.4) is 0 Å². The predicted octanol–water partition coefficient (Wildman–Crippen LogP) is 4.28. The molecular weight excluding hydrogens is 1060 g/mol. The second kappa shape index (κ2) is 34.8. The van der Waals surface area contributed by atoms with Crippen molar-refractivity contribution in [2.75, 3.05) is 55.9 Å². The molecule has 4 N–H and O–H groups in total. The normalized spacial score (nSPS) is 26.4. The Bertz CT molecular complexity index is 2200. The summed E-state index contributed by atoms with van der Waals surface area (Å²) in [5, 5.41) is 11.1. The molecule has 0 aromatic rings. The first-order valence-electron chi connectivity index (χ1n) is 30.4. The Morgan fingerprint density at radius 2 is 0.807 bits per heavy atom. The molecule has 0 saturated carbocycles. The lowest BCUT2D eigenvalue weighted by molar-refractivity contribution is -0.156. The van der Waals surface area contributed by atoms with Gasteiger partial charge in [0.2, 0.25) is 65.0 Å². The van der Waals surface area contributed by atoms with E-state index in [1.165, 1.54) is 97.5 Å². The third kappa shape index (κ3) is 21.9. The number of rotatable bonds is 16. The maximum absolute atomic E-state index is 15.0. The lowest BCUT2D eigenvalue weighted by Crippen LogP contribution is -2.61. The van der Waals surface area contributed by atoms with Gasteiger partial charge in [-0.2, -0.15) is 0 Å². The van der Waals surface area contributed by atoms with E-state index in [0.29, 0.717) is 6.42 Å². The highest BCUT2D eigenvalue weighted by Crippen LogP contribution is 2.25. The fourth-order valence-electron chi connectivity index (χ4n) is 10.6. The van der Waals surface area contributed by atoms with Crippen LogP contribution in [0, 0.1) is 35.5 Å². The summed E-state index contributed by atoms with van der Waals surface area (Å²) in [6.45, 7) is 28.3. The summed E-state index contributed by atoms with van der Waals surface area (Å²) in [6, 6.07) is -11.3. The zero-order valence-corrected chi connectivity index (χ0v) is 55.1. The summed E-state index contributed by atoms with van der Waals surface area (Å²) in [5.41, 5.74) is 0. The van der Waals surface area contributed by atoms with Gasteiger partial charge in [0, 0.05) is 49.3 Å². The molecule has 0 aromatic heterocycles. The van der Waals surface area contributed by atoms with E-state index in [1.807, 2.05) is 55.4 Å². The van der Waals surface area contributed by atoms with Crippen molar-refractivity contribution in [1.82, 2.24) is 55.6 Å². The second-order valence-electron chi connectivity index (χ2n) is 25.7. The Morgan fingerprint density at radius 1 is 0.398 bits per heavy atom. The van der Waals surface area contributed by atoms with Crippen LogP contribution >= 0.6 is 0 Å². The molecule has 1 aliphatic rings. The Labute approximate surface area is 498 Å². The van der Waals surface area contributed by atoms with Gasteiger partial charge in [-0.25, -0.2) is 0 Å². The third-order valence-corrected chi connectivity index (χ3v) is 15.8. The molecule has 1 aliphatic heterocycles. The van der Waals surface area contributed by atoms with Gasteiger partial charge in [-0.1, -0.05) is 123 Å². The van der Waals surface area contributed by atoms with Crippen molar-refractivity contribution < 1.29 is 52.7 Å². The number of carbonyl (C=O) groups excluding carboxylic acids is 11. The van der Waals surface area contributed by atoms with E-state index in [-0.39, 0.29) is 62.2 Å². The van der Waals surface area contributed by atoms with Crippen molar-refractivity contribution in [1.29, 1.82) is 0 Å². The maximum Gasteiger partial charge on any atom is 0.246 e. The molecule has 0 aliphatic carbocycles. The zero-order valence-electron chi connectivity index (χ0n) is 55.1. The summed E-state index contributed by atoms with van der Waals surface area (Å²) < 4.78 is 0. The zero-order chi connectivity index (χ0) is 64.2. The standard InChI is InChI=1S/C61H111N11O11/c1-24-26-27-28-29-44-53(75)64-43(25-2)57(79)66(17)34-49(73)67(18)45(30-35(3)4)55(77)65-50(39(11)12)60(82)69(20)46(31-36(5)6)54(76)62-41(15)52(74)63-42(16)56(78)70(21)47(32-37(7)8)58(80)71(22)48(33-38(9)10)59(81)72(23)51(40(13)14)61(83)68(44)19/h35-48,50-51H,24-34H2,1-23H3,(H,62,76)(H,63,74)(H,64,75)(H,65,77)/t41-,42+,43-,44+,45-,46-,47-,48-,50-,51-/m0/s1. The van der Waals surface area contributed by atoms with Crippen molar-refractivity contribution in [3.63, 3.8) is 0 Å². The van der Waals surface area contributed by atoms with Gasteiger partial charge in [0.1, 0.15) is 60.4 Å². The predicted molar refractivity (Wildman–Crippen MR) is 323 cm³/mol. The summed E-state index contributed by atoms with van der Waals surface area (Å²) >= 11 is 0. The molecule has 1 saturated heterocycles. The number of carbonyl (C=O) groups is 11. The molecule has 1 fully saturated rings. The van der Waals surface area contributed by atoms with Crippen LogP contribution in [-0.2, 0) is 52.7 Å². The Balaban J connectivity index is 4.22. The molecule has 22 heteroatoms. The van der Waals surface area contributed by atoms with Gasteiger partial charge in [-0.3, -0.25) is 52.7 Å². The van der Waals surface area contributed by atoms with Gasteiger partial charge in [0.05, 0.1) is 6.54 Å². The number of amides is 11. The molecule has 83 heavy (non-hydrogen) atoms. The smallest absolute Gasteiger partial charge is 0.246 e. The molecule has 476 valence electrons. The lowest BCUT2D eigenvalue weighted by Gasteiger charge is -2.41. The molecule has 0 spiro atoms. The van der Waals surface area contributed by atoms with E-state index in [9.17, 15) is 43.2 Å². The van der Waals surface area contributed by atoms with Crippen LogP contribution in [0.2, 0.25) is 0 Å². The minimum atomic E-state index is -1.21. The fraction of sp³-hybridized carbons (Fsp3) is 0.820. The molecule has 1 rings (SSSR count). The van der Waals surface area contributed by atoms with Crippen LogP contribution in [0.4, 0.5) is 0 Å². The quantitative estimate of drug-likeness (QED) is 0.159. The van der Waals surface area contributed by atoms with Crippen LogP contribution in [0.1, 0.15) is 175 Å². The van der Waals surface area contributed by atoms with Crippen LogP contribution in [-0.4, -0.2) is 216 Å². The average Bonchev–Trinajstić information content (AvgIpc) is 3.59. The number of likely N-dealkylation sites (N-methyl/N-ethyl adjacent to an activating group) is 7. The van der Waals surface area contributed by atoms with E-state index in [0.717, 1.165) is 19.3 Å². The van der Waals surface area contributed by atoms with Crippen LogP contribution in [0.15, 0.2) is 0 Å². The minimum absolute atomic E-state index is 0.108. The Kier molecular flexibility index (Phi) is 31.5. The van der Waals surface area contributed by atoms with Gasteiger partial charge in [0.15, 0.2) is 0 Å². The summed E-state index contributed by atoms with van der Waals surface area (Å²) in [7, 11) is 10.3. The summed E-state index contributed by atoms with van der Waals surface area (Å²) in [4.78, 5) is 168. The topological polar surface area (TPSA) is 259 Å². The largest absolute Gasteiger partial charge is 0.343 e. The molecule has 0 radical (unpaired) electrons. The number of nitrogens with zero attached hydrogens (tertiary/aromatic N) is 7. The lowest BCUT2D eigenvalue weighted by atomic mass is 9.95. The maximum atomic E-state index is 15.0. The molecule has 0 bridgehead atoms. The highest BCUT2D eigenvalue weighted by Gasteiger charge is 2.44. The number of nitrogens with one attached hydrogen (secondary N) is 4. The fourth-order valence-corrected chi connectivity index (χ4v) is 10.6. The van der Waals surface area contributed by atoms with Gasteiger partial charge >= 0.3 is 0 Å². The van der Waals surface area contributed by atoms with Crippen molar-refractivity contribution in [2.24, 2.45) is 35.5 Å². The van der Waals surface area contributed by atoms with Gasteiger partial charge in [-0.05, 0) is 87.9 Å². The molecule has 0 aromatic carbocycles. The van der Waals surface area contributed by atoms with Crippen molar-refractivity contribution in [3.05, 3.63) is 0 Å². The van der Waals surface area contributed by atoms with E-state index < -0.39 is 144 Å². The van der Waals surface area contributed by atoms with Gasteiger partial charge in [-0.15, -0.1) is 0 Å². The highest BCUT2D eigenvalue weighted by atomic mass is 16.2. The minimum Gasteiger partial charge on any atom is -0.343 e. The molecule has 11 amide bonds. The molecular formula is C61H111N11O11. The van der Waals surface area contributed by atoms with Crippen molar-refractivity contribution in [2.45, 2.75) is 235 Å². The van der Waals surface area contributed by atoms with E-state index in [2.05, 4.69) is 28.2 Å². The Morgan fingerprint density at radius 3 is 1.27 bits per heavy atom. The molecule has 1 heterocycles. The molecule has 22 nitrogen and oxygen atoms in total. The van der Waals surface area contributed by atoms with Gasteiger partial charge in [0.25, 0.3) is 0 Å². The monoisotopic (exact) mass is 1170 g/mol. The highest BCUT2D eigenvalue weighted by molar-refractivity contribution is 5.99. The summed E-state index contributed by atoms with van der Waals surface area (Å²) in [5.74, 6) is -8.02. The average molecular weight is 1170 g/mol. The number of hydrogen-bond donors (Lipinski definition) is 4. The SMILES string of the molecule is CCCCCC[C@@H]1C(=O)N[C@@H](CC)C(=O)N(C)CC(=O)N(C)[C@@H](CC(C)C)C(=O)N[C@@H](C(C)C)C(=O)N(C)[C@@H](CC(C)C)C(=O)N[C@@H](C)C(=O)N[C@H](C)C(=O)N(C)[C@@H](CC(C)C)C(=O)N(C)[C@@H](CC(C)C)C(=O)N(C)[C@@H](C(C)C)C(=O)N1C. The van der Waals surface area contributed by atoms with Crippen molar-refractivity contribution in [3.8, 4) is 0 Å². The van der Waals surface area contributed by atoms with Crippen LogP contribution in [0.5, 0.6) is 0 Å². The van der Waals surface area contributed by atoms with Crippen molar-refractivity contribution >= 4 is 65.0 Å². The second-order valence-corrected chi connectivity index (χ2v) is 25.7. The van der Waals surface area contributed by atoms with Gasteiger partial charge < -0.3 is 55.6 Å². The molecule has 10 atom stereocenters. The first kappa shape index (κ1) is 75.2.